The fraction of sp³-hybridized carbons (Fsp3) is 0.615. The van der Waals surface area contributed by atoms with E-state index in [2.05, 4.69) is 31.1 Å². The second kappa shape index (κ2) is 6.59. The van der Waals surface area contributed by atoms with Crippen LogP contribution >= 0.6 is 0 Å². The molecule has 1 heterocycles. The van der Waals surface area contributed by atoms with Crippen molar-refractivity contribution in [1.82, 2.24) is 10.3 Å². The molecule has 2 atom stereocenters. The van der Waals surface area contributed by atoms with E-state index in [9.17, 15) is 4.39 Å². The summed E-state index contributed by atoms with van der Waals surface area (Å²) in [6, 6.07) is 3.48. The summed E-state index contributed by atoms with van der Waals surface area (Å²) >= 11 is 0. The van der Waals surface area contributed by atoms with E-state index in [0.29, 0.717) is 5.92 Å². The maximum Gasteiger partial charge on any atom is 0.141 e. The van der Waals surface area contributed by atoms with Crippen LogP contribution in [0.4, 0.5) is 4.39 Å². The van der Waals surface area contributed by atoms with Crippen LogP contribution in [-0.4, -0.2) is 11.5 Å². The Bertz CT molecular complexity index is 297. The first kappa shape index (κ1) is 13.1. The minimum absolute atomic E-state index is 0.227. The molecule has 0 aliphatic carbocycles. The quantitative estimate of drug-likeness (QED) is 0.802. The first-order valence-corrected chi connectivity index (χ1v) is 6.03. The van der Waals surface area contributed by atoms with Gasteiger partial charge in [-0.3, -0.25) is 4.98 Å². The standard InChI is InChI=1S/C13H21FN2/c1-4-6-10(3)13(15-5-2)12-8-7-11(14)9-16-12/h7-10,13,15H,4-6H2,1-3H3. The van der Waals surface area contributed by atoms with Crippen molar-refractivity contribution >= 4 is 0 Å². The molecule has 0 aliphatic rings. The molecule has 90 valence electrons. The predicted molar refractivity (Wildman–Crippen MR) is 64.7 cm³/mol. The van der Waals surface area contributed by atoms with Gasteiger partial charge in [-0.25, -0.2) is 4.39 Å². The normalized spacial score (nSPS) is 14.8. The second-order valence-electron chi connectivity index (χ2n) is 4.20. The maximum absolute atomic E-state index is 12.8. The van der Waals surface area contributed by atoms with E-state index in [4.69, 9.17) is 0 Å². The lowest BCUT2D eigenvalue weighted by molar-refractivity contribution is 0.362. The van der Waals surface area contributed by atoms with Gasteiger partial charge < -0.3 is 5.32 Å². The molecule has 0 fully saturated rings. The Kier molecular flexibility index (Phi) is 5.39. The van der Waals surface area contributed by atoms with Crippen LogP contribution in [0, 0.1) is 11.7 Å². The summed E-state index contributed by atoms with van der Waals surface area (Å²) in [5.41, 5.74) is 0.934. The predicted octanol–water partition coefficient (Wildman–Crippen LogP) is 3.31. The highest BCUT2D eigenvalue weighted by molar-refractivity contribution is 5.10. The molecule has 2 nitrogen and oxygen atoms in total. The first-order chi connectivity index (χ1) is 7.69. The number of pyridine rings is 1. The van der Waals surface area contributed by atoms with Gasteiger partial charge in [0, 0.05) is 0 Å². The van der Waals surface area contributed by atoms with Crippen molar-refractivity contribution in [3.63, 3.8) is 0 Å². The molecule has 0 spiro atoms. The van der Waals surface area contributed by atoms with Crippen molar-refractivity contribution in [3.05, 3.63) is 29.8 Å². The molecular weight excluding hydrogens is 203 g/mol. The lowest BCUT2D eigenvalue weighted by atomic mass is 9.94. The smallest absolute Gasteiger partial charge is 0.141 e. The van der Waals surface area contributed by atoms with E-state index in [0.717, 1.165) is 25.1 Å². The minimum Gasteiger partial charge on any atom is -0.309 e. The Morgan fingerprint density at radius 3 is 2.62 bits per heavy atom. The van der Waals surface area contributed by atoms with E-state index < -0.39 is 0 Å². The highest BCUT2D eigenvalue weighted by atomic mass is 19.1. The molecule has 0 aliphatic heterocycles. The Morgan fingerprint density at radius 1 is 1.38 bits per heavy atom. The summed E-state index contributed by atoms with van der Waals surface area (Å²) in [4.78, 5) is 4.16. The number of hydrogen-bond donors (Lipinski definition) is 1. The SMILES string of the molecule is CCCC(C)C(NCC)c1ccc(F)cn1. The molecule has 0 saturated carbocycles. The van der Waals surface area contributed by atoms with E-state index in [1.165, 1.54) is 12.3 Å². The van der Waals surface area contributed by atoms with E-state index >= 15 is 0 Å². The van der Waals surface area contributed by atoms with Crippen LogP contribution in [0.3, 0.4) is 0 Å². The van der Waals surface area contributed by atoms with Crippen molar-refractivity contribution in [2.24, 2.45) is 5.92 Å². The second-order valence-corrected chi connectivity index (χ2v) is 4.20. The third kappa shape index (κ3) is 3.56. The average Bonchev–Trinajstić information content (AvgIpc) is 2.28. The molecule has 0 radical (unpaired) electrons. The Balaban J connectivity index is 2.79. The van der Waals surface area contributed by atoms with Crippen LogP contribution in [0.5, 0.6) is 0 Å². The topological polar surface area (TPSA) is 24.9 Å². The largest absolute Gasteiger partial charge is 0.309 e. The van der Waals surface area contributed by atoms with Gasteiger partial charge in [-0.2, -0.15) is 0 Å². The van der Waals surface area contributed by atoms with Gasteiger partial charge in [-0.1, -0.05) is 27.2 Å². The summed E-state index contributed by atoms with van der Waals surface area (Å²) in [5.74, 6) is 0.241. The van der Waals surface area contributed by atoms with E-state index in [-0.39, 0.29) is 11.9 Å². The van der Waals surface area contributed by atoms with Gasteiger partial charge in [0.1, 0.15) is 5.82 Å². The molecule has 16 heavy (non-hydrogen) atoms. The van der Waals surface area contributed by atoms with Gasteiger partial charge in [0.2, 0.25) is 0 Å². The van der Waals surface area contributed by atoms with Gasteiger partial charge >= 0.3 is 0 Å². The van der Waals surface area contributed by atoms with Crippen LogP contribution in [0.1, 0.15) is 45.3 Å². The van der Waals surface area contributed by atoms with Crippen LogP contribution in [0.2, 0.25) is 0 Å². The summed E-state index contributed by atoms with van der Waals surface area (Å²) in [6.45, 7) is 7.37. The Hall–Kier alpha value is -0.960. The van der Waals surface area contributed by atoms with Gasteiger partial charge in [-0.05, 0) is 31.0 Å². The molecular formula is C13H21FN2. The van der Waals surface area contributed by atoms with Gasteiger partial charge in [-0.15, -0.1) is 0 Å². The van der Waals surface area contributed by atoms with Gasteiger partial charge in [0.25, 0.3) is 0 Å². The molecule has 2 unspecified atom stereocenters. The monoisotopic (exact) mass is 224 g/mol. The highest BCUT2D eigenvalue weighted by Crippen LogP contribution is 2.23. The fourth-order valence-electron chi connectivity index (χ4n) is 2.01. The lowest BCUT2D eigenvalue weighted by Crippen LogP contribution is -2.27. The van der Waals surface area contributed by atoms with Crippen molar-refractivity contribution < 1.29 is 4.39 Å². The van der Waals surface area contributed by atoms with E-state index in [1.54, 1.807) is 6.07 Å². The molecule has 3 heteroatoms. The number of aromatic nitrogens is 1. The molecule has 0 amide bonds. The van der Waals surface area contributed by atoms with Crippen LogP contribution in [-0.2, 0) is 0 Å². The number of halogens is 1. The summed E-state index contributed by atoms with van der Waals surface area (Å²) < 4.78 is 12.8. The van der Waals surface area contributed by atoms with Crippen molar-refractivity contribution in [1.29, 1.82) is 0 Å². The first-order valence-electron chi connectivity index (χ1n) is 6.03. The van der Waals surface area contributed by atoms with Crippen LogP contribution in [0.15, 0.2) is 18.3 Å². The molecule has 1 aromatic heterocycles. The summed E-state index contributed by atoms with van der Waals surface area (Å²) in [5, 5.41) is 3.42. The van der Waals surface area contributed by atoms with Gasteiger partial charge in [0.05, 0.1) is 17.9 Å². The molecule has 1 rings (SSSR count). The Labute approximate surface area is 97.3 Å². The Morgan fingerprint density at radius 2 is 2.12 bits per heavy atom. The molecule has 0 saturated heterocycles. The fourth-order valence-corrected chi connectivity index (χ4v) is 2.01. The highest BCUT2D eigenvalue weighted by Gasteiger charge is 2.18. The van der Waals surface area contributed by atoms with Crippen LogP contribution < -0.4 is 5.32 Å². The number of hydrogen-bond acceptors (Lipinski definition) is 2. The number of nitrogens with zero attached hydrogens (tertiary/aromatic N) is 1. The third-order valence-corrected chi connectivity index (χ3v) is 2.81. The molecule has 1 N–H and O–H groups in total. The average molecular weight is 224 g/mol. The summed E-state index contributed by atoms with van der Waals surface area (Å²) in [7, 11) is 0. The molecule has 0 bridgehead atoms. The lowest BCUT2D eigenvalue weighted by Gasteiger charge is -2.24. The maximum atomic E-state index is 12.8. The zero-order chi connectivity index (χ0) is 12.0. The number of nitrogens with one attached hydrogen (secondary N) is 1. The van der Waals surface area contributed by atoms with Crippen molar-refractivity contribution in [3.8, 4) is 0 Å². The van der Waals surface area contributed by atoms with E-state index in [1.807, 2.05) is 0 Å². The molecule has 1 aromatic rings. The van der Waals surface area contributed by atoms with Crippen molar-refractivity contribution in [2.75, 3.05) is 6.54 Å². The third-order valence-electron chi connectivity index (χ3n) is 2.81. The molecule has 0 aromatic carbocycles. The van der Waals surface area contributed by atoms with Crippen LogP contribution in [0.25, 0.3) is 0 Å². The zero-order valence-corrected chi connectivity index (χ0v) is 10.3. The zero-order valence-electron chi connectivity index (χ0n) is 10.3. The summed E-state index contributed by atoms with van der Waals surface area (Å²) in [6.07, 6.45) is 3.60. The minimum atomic E-state index is -0.276. The van der Waals surface area contributed by atoms with Gasteiger partial charge in [0.15, 0.2) is 0 Å². The van der Waals surface area contributed by atoms with Crippen molar-refractivity contribution in [2.45, 2.75) is 39.7 Å². The number of rotatable bonds is 6.